The van der Waals surface area contributed by atoms with Crippen molar-refractivity contribution >= 4 is 34.2 Å². The van der Waals surface area contributed by atoms with Crippen LogP contribution in [-0.2, 0) is 13.0 Å². The molecule has 0 bridgehead atoms. The highest BCUT2D eigenvalue weighted by atomic mass is 35.5. The second kappa shape index (κ2) is 6.66. The first-order chi connectivity index (χ1) is 12.3. The molecule has 3 aromatic rings. The Labute approximate surface area is 150 Å². The summed E-state index contributed by atoms with van der Waals surface area (Å²) in [4.78, 5) is 4.42. The lowest BCUT2D eigenvalue weighted by molar-refractivity contribution is 0.627. The molecule has 0 amide bonds. The van der Waals surface area contributed by atoms with Gasteiger partial charge in [0.25, 0.3) is 0 Å². The van der Waals surface area contributed by atoms with Gasteiger partial charge in [0.2, 0.25) is 0 Å². The second-order valence-electron chi connectivity index (χ2n) is 6.13. The number of allylic oxidation sites excluding steroid dienone is 1. The van der Waals surface area contributed by atoms with E-state index in [1.165, 1.54) is 6.42 Å². The van der Waals surface area contributed by atoms with Crippen molar-refractivity contribution in [2.45, 2.75) is 32.2 Å². The molecule has 25 heavy (non-hydrogen) atoms. The molecule has 0 saturated heterocycles. The molecule has 0 aliphatic carbocycles. The number of rotatable bonds is 2. The Morgan fingerprint density at radius 2 is 2.08 bits per heavy atom. The van der Waals surface area contributed by atoms with E-state index < -0.39 is 0 Å². The summed E-state index contributed by atoms with van der Waals surface area (Å²) in [7, 11) is 0. The van der Waals surface area contributed by atoms with E-state index in [1.54, 1.807) is 6.08 Å². The van der Waals surface area contributed by atoms with Crippen LogP contribution in [0.3, 0.4) is 0 Å². The molecule has 4 rings (SSSR count). The summed E-state index contributed by atoms with van der Waals surface area (Å²) < 4.78 is 2.06. The number of hydrogen-bond acceptors (Lipinski definition) is 4. The first-order valence-electron chi connectivity index (χ1n) is 8.36. The molecule has 0 unspecified atom stereocenters. The Bertz CT molecular complexity index is 1010. The summed E-state index contributed by atoms with van der Waals surface area (Å²) in [5.74, 6) is 1.57. The molecule has 3 heterocycles. The smallest absolute Gasteiger partial charge is 0.174 e. The third-order valence-electron chi connectivity index (χ3n) is 4.48. The van der Waals surface area contributed by atoms with Crippen LogP contribution >= 0.6 is 11.6 Å². The zero-order chi connectivity index (χ0) is 17.2. The summed E-state index contributed by atoms with van der Waals surface area (Å²) in [6.07, 6.45) is 6.03. The van der Waals surface area contributed by atoms with E-state index >= 15 is 0 Å². The second-order valence-corrected chi connectivity index (χ2v) is 6.49. The highest BCUT2D eigenvalue weighted by molar-refractivity contribution is 6.31. The van der Waals surface area contributed by atoms with E-state index in [4.69, 9.17) is 11.6 Å². The molecule has 1 aliphatic heterocycles. The van der Waals surface area contributed by atoms with Gasteiger partial charge < -0.3 is 4.57 Å². The Kier molecular flexibility index (Phi) is 4.21. The normalized spacial score (nSPS) is 14.8. The Morgan fingerprint density at radius 3 is 2.96 bits per heavy atom. The van der Waals surface area contributed by atoms with Crippen molar-refractivity contribution in [1.82, 2.24) is 19.7 Å². The van der Waals surface area contributed by atoms with Crippen LogP contribution in [0.15, 0.2) is 30.3 Å². The van der Waals surface area contributed by atoms with Crippen LogP contribution in [0.25, 0.3) is 22.6 Å². The van der Waals surface area contributed by atoms with E-state index in [2.05, 4.69) is 25.8 Å². The zero-order valence-corrected chi connectivity index (χ0v) is 14.4. The third-order valence-corrected chi connectivity index (χ3v) is 4.78. The number of hydrogen-bond donors (Lipinski definition) is 0. The van der Waals surface area contributed by atoms with Gasteiger partial charge in [-0.15, -0.1) is 10.2 Å². The minimum Gasteiger partial charge on any atom is -0.310 e. The van der Waals surface area contributed by atoms with Gasteiger partial charge >= 0.3 is 0 Å². The van der Waals surface area contributed by atoms with Gasteiger partial charge in [-0.2, -0.15) is 5.26 Å². The predicted molar refractivity (Wildman–Crippen MR) is 97.8 cm³/mol. The number of benzene rings is 1. The Hall–Kier alpha value is -2.71. The summed E-state index contributed by atoms with van der Waals surface area (Å²) in [6.45, 7) is 0.848. The zero-order valence-electron chi connectivity index (χ0n) is 13.6. The van der Waals surface area contributed by atoms with Gasteiger partial charge in [0, 0.05) is 23.9 Å². The number of aromatic nitrogens is 4. The number of halogens is 1. The van der Waals surface area contributed by atoms with E-state index in [0.29, 0.717) is 22.1 Å². The minimum atomic E-state index is 0.377. The molecule has 6 heteroatoms. The van der Waals surface area contributed by atoms with Crippen molar-refractivity contribution in [2.75, 3.05) is 0 Å². The Morgan fingerprint density at radius 1 is 1.20 bits per heavy atom. The van der Waals surface area contributed by atoms with Crippen molar-refractivity contribution in [3.63, 3.8) is 0 Å². The maximum Gasteiger partial charge on any atom is 0.174 e. The number of para-hydroxylation sites is 1. The number of aryl methyl sites for hydroxylation is 1. The summed E-state index contributed by atoms with van der Waals surface area (Å²) in [5.41, 5.74) is 2.00. The van der Waals surface area contributed by atoms with Gasteiger partial charge in [0.05, 0.1) is 11.1 Å². The van der Waals surface area contributed by atoms with Gasteiger partial charge in [0.1, 0.15) is 17.0 Å². The Balaban J connectivity index is 1.81. The first-order valence-corrected chi connectivity index (χ1v) is 8.73. The molecule has 1 aliphatic rings. The average molecular weight is 350 g/mol. The molecule has 124 valence electrons. The van der Waals surface area contributed by atoms with E-state index in [0.717, 1.165) is 42.5 Å². The van der Waals surface area contributed by atoms with Crippen LogP contribution in [-0.4, -0.2) is 19.7 Å². The van der Waals surface area contributed by atoms with Gasteiger partial charge in [0.15, 0.2) is 5.82 Å². The van der Waals surface area contributed by atoms with Crippen LogP contribution in [0.4, 0.5) is 0 Å². The largest absolute Gasteiger partial charge is 0.310 e. The number of nitriles is 1. The van der Waals surface area contributed by atoms with E-state index in [1.807, 2.05) is 30.3 Å². The highest BCUT2D eigenvalue weighted by Gasteiger charge is 2.18. The molecule has 0 radical (unpaired) electrons. The van der Waals surface area contributed by atoms with Crippen LogP contribution in [0.1, 0.15) is 36.5 Å². The highest BCUT2D eigenvalue weighted by Crippen LogP contribution is 2.26. The average Bonchev–Trinajstić information content (AvgIpc) is 2.88. The fraction of sp³-hybridized carbons (Fsp3) is 0.263. The molecule has 0 fully saturated rings. The van der Waals surface area contributed by atoms with Crippen molar-refractivity contribution in [2.24, 2.45) is 0 Å². The molecular weight excluding hydrogens is 334 g/mol. The molecule has 0 atom stereocenters. The predicted octanol–water partition coefficient (Wildman–Crippen LogP) is 4.27. The molecule has 2 aromatic heterocycles. The number of pyridine rings is 1. The first kappa shape index (κ1) is 15.8. The number of nitrogens with zero attached hydrogens (tertiary/aromatic N) is 5. The molecular formula is C19H16ClN5. The fourth-order valence-electron chi connectivity index (χ4n) is 3.20. The minimum absolute atomic E-state index is 0.377. The van der Waals surface area contributed by atoms with E-state index in [9.17, 15) is 5.26 Å². The lowest BCUT2D eigenvalue weighted by Crippen LogP contribution is -2.05. The maximum atomic E-state index is 9.67. The standard InChI is InChI=1S/C19H16ClN5/c20-18-14(10-13-6-3-4-7-16(13)22-18)11-15(12-21)19-24-23-17-8-2-1-5-9-25(17)19/h3-4,6-7,10-11H,1-2,5,8-9H2/b15-11+. The summed E-state index contributed by atoms with van der Waals surface area (Å²) in [6, 6.07) is 12.0. The molecule has 0 spiro atoms. The van der Waals surface area contributed by atoms with Gasteiger partial charge in [-0.3, -0.25) is 0 Å². The lowest BCUT2D eigenvalue weighted by Gasteiger charge is -2.07. The van der Waals surface area contributed by atoms with E-state index in [-0.39, 0.29) is 0 Å². The lowest BCUT2D eigenvalue weighted by atomic mass is 10.1. The van der Waals surface area contributed by atoms with Crippen LogP contribution in [0, 0.1) is 11.3 Å². The van der Waals surface area contributed by atoms with Crippen molar-refractivity contribution in [1.29, 1.82) is 5.26 Å². The fourth-order valence-corrected chi connectivity index (χ4v) is 3.40. The third kappa shape index (κ3) is 3.01. The summed E-state index contributed by atoms with van der Waals surface area (Å²) in [5, 5.41) is 19.6. The van der Waals surface area contributed by atoms with Gasteiger partial charge in [-0.1, -0.05) is 36.2 Å². The van der Waals surface area contributed by atoms with Gasteiger partial charge in [-0.25, -0.2) is 4.98 Å². The maximum absolute atomic E-state index is 9.67. The SMILES string of the molecule is N#C/C(=C\c1cc2ccccc2nc1Cl)c1nnc2n1CCCCC2. The van der Waals surface area contributed by atoms with Crippen LogP contribution in [0.5, 0.6) is 0 Å². The van der Waals surface area contributed by atoms with Crippen molar-refractivity contribution in [3.05, 3.63) is 52.7 Å². The molecule has 0 saturated carbocycles. The van der Waals surface area contributed by atoms with Crippen LogP contribution in [0.2, 0.25) is 5.15 Å². The molecule has 0 N–H and O–H groups in total. The van der Waals surface area contributed by atoms with Gasteiger partial charge in [-0.05, 0) is 31.1 Å². The monoisotopic (exact) mass is 349 g/mol. The van der Waals surface area contributed by atoms with Crippen molar-refractivity contribution in [3.8, 4) is 6.07 Å². The molecule has 5 nitrogen and oxygen atoms in total. The quantitative estimate of drug-likeness (QED) is 0.511. The van der Waals surface area contributed by atoms with Crippen molar-refractivity contribution < 1.29 is 0 Å². The topological polar surface area (TPSA) is 67.4 Å². The summed E-state index contributed by atoms with van der Waals surface area (Å²) >= 11 is 6.33. The number of fused-ring (bicyclic) bond motifs is 2. The van der Waals surface area contributed by atoms with Crippen LogP contribution < -0.4 is 0 Å². The molecule has 1 aromatic carbocycles.